The Kier molecular flexibility index (Phi) is 10.8. The van der Waals surface area contributed by atoms with Gasteiger partial charge in [0.05, 0.1) is 6.61 Å². The molecule has 0 aromatic heterocycles. The fourth-order valence-corrected chi connectivity index (χ4v) is 1.36. The van der Waals surface area contributed by atoms with Gasteiger partial charge >= 0.3 is 0 Å². The van der Waals surface area contributed by atoms with Gasteiger partial charge in [-0.2, -0.15) is 0 Å². The largest absolute Gasteiger partial charge is 0.397 e. The third-order valence-corrected chi connectivity index (χ3v) is 2.44. The molecule has 4 heteroatoms. The molecule has 0 heterocycles. The van der Waals surface area contributed by atoms with Crippen molar-refractivity contribution in [2.75, 3.05) is 19.8 Å². The van der Waals surface area contributed by atoms with Crippen LogP contribution in [0.5, 0.6) is 0 Å². The highest BCUT2D eigenvalue weighted by atomic mass is 79.9. The van der Waals surface area contributed by atoms with E-state index in [0.29, 0.717) is 19.6 Å². The average molecular weight is 291 g/mol. The number of benzene rings is 1. The molecule has 16 heavy (non-hydrogen) atoms. The molecule has 0 unspecified atom stereocenters. The van der Waals surface area contributed by atoms with Crippen LogP contribution in [0.1, 0.15) is 18.9 Å². The molecule has 3 nitrogen and oxygen atoms in total. The molecule has 0 aliphatic heterocycles. The number of aliphatic hydroxyl groups excluding tert-OH is 2. The summed E-state index contributed by atoms with van der Waals surface area (Å²) in [6, 6.07) is 7.96. The van der Waals surface area contributed by atoms with E-state index in [4.69, 9.17) is 14.9 Å². The van der Waals surface area contributed by atoms with Crippen molar-refractivity contribution in [3.8, 4) is 0 Å². The van der Waals surface area contributed by atoms with Crippen LogP contribution in [0.4, 0.5) is 0 Å². The first kappa shape index (κ1) is 15.6. The lowest BCUT2D eigenvalue weighted by atomic mass is 10.2. The molecule has 0 saturated heterocycles. The van der Waals surface area contributed by atoms with E-state index in [9.17, 15) is 0 Å². The summed E-state index contributed by atoms with van der Waals surface area (Å²) in [5.41, 5.74) is 1.14. The van der Waals surface area contributed by atoms with Crippen LogP contribution in [0.15, 0.2) is 28.7 Å². The van der Waals surface area contributed by atoms with Crippen LogP contribution < -0.4 is 0 Å². The van der Waals surface area contributed by atoms with Gasteiger partial charge in [0.15, 0.2) is 0 Å². The van der Waals surface area contributed by atoms with E-state index in [-0.39, 0.29) is 13.2 Å². The number of rotatable bonds is 5. The molecule has 0 amide bonds. The lowest BCUT2D eigenvalue weighted by molar-refractivity contribution is 0.104. The second kappa shape index (κ2) is 11.1. The molecule has 1 aromatic rings. The van der Waals surface area contributed by atoms with E-state index >= 15 is 0 Å². The lowest BCUT2D eigenvalue weighted by Crippen LogP contribution is -1.98. The first-order valence-electron chi connectivity index (χ1n) is 5.29. The Balaban J connectivity index is 0.000000673. The lowest BCUT2D eigenvalue weighted by Gasteiger charge is -2.04. The van der Waals surface area contributed by atoms with E-state index in [2.05, 4.69) is 15.9 Å². The molecule has 92 valence electrons. The van der Waals surface area contributed by atoms with Gasteiger partial charge in [-0.3, -0.25) is 0 Å². The van der Waals surface area contributed by atoms with Crippen molar-refractivity contribution in [1.82, 2.24) is 0 Å². The van der Waals surface area contributed by atoms with E-state index in [1.54, 1.807) is 6.92 Å². The molecule has 0 aliphatic rings. The van der Waals surface area contributed by atoms with Crippen LogP contribution in [-0.4, -0.2) is 30.0 Å². The Morgan fingerprint density at radius 2 is 1.88 bits per heavy atom. The van der Waals surface area contributed by atoms with Crippen LogP contribution in [-0.2, 0) is 11.3 Å². The van der Waals surface area contributed by atoms with Crippen LogP contribution in [0, 0.1) is 0 Å². The molecule has 1 aromatic carbocycles. The minimum absolute atomic E-state index is 0.190. The zero-order valence-electron chi connectivity index (χ0n) is 9.53. The Hall–Kier alpha value is -0.420. The minimum Gasteiger partial charge on any atom is -0.397 e. The molecule has 0 radical (unpaired) electrons. The fraction of sp³-hybridized carbons (Fsp3) is 0.500. The summed E-state index contributed by atoms with van der Waals surface area (Å²) >= 11 is 3.44. The van der Waals surface area contributed by atoms with Gasteiger partial charge in [-0.15, -0.1) is 0 Å². The summed E-state index contributed by atoms with van der Waals surface area (Å²) in [4.78, 5) is 0. The molecular weight excluding hydrogens is 272 g/mol. The molecule has 0 aliphatic carbocycles. The van der Waals surface area contributed by atoms with Gasteiger partial charge < -0.3 is 14.9 Å². The summed E-state index contributed by atoms with van der Waals surface area (Å²) in [7, 11) is 0. The van der Waals surface area contributed by atoms with Gasteiger partial charge in [-0.25, -0.2) is 0 Å². The molecular formula is C12H19BrO3. The quantitative estimate of drug-likeness (QED) is 0.819. The van der Waals surface area contributed by atoms with E-state index in [0.717, 1.165) is 10.0 Å². The Morgan fingerprint density at radius 3 is 2.44 bits per heavy atom. The third kappa shape index (κ3) is 7.82. The van der Waals surface area contributed by atoms with Crippen molar-refractivity contribution in [2.24, 2.45) is 0 Å². The van der Waals surface area contributed by atoms with Crippen molar-refractivity contribution in [1.29, 1.82) is 0 Å². The van der Waals surface area contributed by atoms with Gasteiger partial charge in [0, 0.05) is 24.3 Å². The van der Waals surface area contributed by atoms with Crippen molar-refractivity contribution < 1.29 is 14.9 Å². The first-order valence-corrected chi connectivity index (χ1v) is 6.08. The number of halogens is 1. The average Bonchev–Trinajstić information content (AvgIpc) is 2.28. The monoisotopic (exact) mass is 290 g/mol. The normalized spacial score (nSPS) is 9.50. The third-order valence-electron chi connectivity index (χ3n) is 1.66. The number of aliphatic hydroxyl groups is 2. The van der Waals surface area contributed by atoms with Gasteiger partial charge in [0.2, 0.25) is 0 Å². The molecule has 0 bridgehead atoms. The summed E-state index contributed by atoms with van der Waals surface area (Å²) in [6.45, 7) is 3.33. The SMILES string of the molecule is CCO.OCCCOCc1ccccc1Br. The van der Waals surface area contributed by atoms with E-state index in [1.165, 1.54) is 0 Å². The van der Waals surface area contributed by atoms with Gasteiger partial charge in [-0.1, -0.05) is 34.1 Å². The minimum atomic E-state index is 0.190. The van der Waals surface area contributed by atoms with Crippen molar-refractivity contribution >= 4 is 15.9 Å². The zero-order valence-corrected chi connectivity index (χ0v) is 11.1. The van der Waals surface area contributed by atoms with Gasteiger partial charge in [0.1, 0.15) is 0 Å². The summed E-state index contributed by atoms with van der Waals surface area (Å²) in [6.07, 6.45) is 0.699. The van der Waals surface area contributed by atoms with E-state index in [1.807, 2.05) is 24.3 Å². The van der Waals surface area contributed by atoms with Crippen LogP contribution in [0.3, 0.4) is 0 Å². The number of ether oxygens (including phenoxy) is 1. The van der Waals surface area contributed by atoms with Crippen LogP contribution in [0.25, 0.3) is 0 Å². The predicted molar refractivity (Wildman–Crippen MR) is 68.3 cm³/mol. The maximum atomic E-state index is 8.53. The highest BCUT2D eigenvalue weighted by Crippen LogP contribution is 2.16. The van der Waals surface area contributed by atoms with Crippen molar-refractivity contribution in [2.45, 2.75) is 20.0 Å². The first-order chi connectivity index (χ1) is 7.76. The smallest absolute Gasteiger partial charge is 0.0727 e. The number of hydrogen-bond donors (Lipinski definition) is 2. The molecule has 2 N–H and O–H groups in total. The van der Waals surface area contributed by atoms with Crippen molar-refractivity contribution in [3.05, 3.63) is 34.3 Å². The second-order valence-electron chi connectivity index (χ2n) is 3.04. The standard InChI is InChI=1S/C10H13BrO2.C2H6O/c11-10-5-2-1-4-9(10)8-13-7-3-6-12;1-2-3/h1-2,4-5,12H,3,6-8H2;3H,2H2,1H3. The molecule has 1 rings (SSSR count). The molecule has 0 fully saturated rings. The Bertz CT molecular complexity index is 266. The molecule has 0 spiro atoms. The van der Waals surface area contributed by atoms with E-state index < -0.39 is 0 Å². The van der Waals surface area contributed by atoms with Gasteiger partial charge in [-0.05, 0) is 25.0 Å². The highest BCUT2D eigenvalue weighted by molar-refractivity contribution is 9.10. The maximum Gasteiger partial charge on any atom is 0.0727 e. The molecule has 0 atom stereocenters. The predicted octanol–water partition coefficient (Wildman–Crippen LogP) is 2.35. The second-order valence-corrected chi connectivity index (χ2v) is 3.89. The summed E-state index contributed by atoms with van der Waals surface area (Å²) in [5.74, 6) is 0. The fourth-order valence-electron chi connectivity index (χ4n) is 0.964. The topological polar surface area (TPSA) is 49.7 Å². The Morgan fingerprint density at radius 1 is 1.25 bits per heavy atom. The maximum absolute atomic E-state index is 8.53. The van der Waals surface area contributed by atoms with Crippen LogP contribution >= 0.6 is 15.9 Å². The molecule has 0 saturated carbocycles. The Labute approximate surface area is 105 Å². The summed E-state index contributed by atoms with van der Waals surface area (Å²) < 4.78 is 6.42. The zero-order chi connectivity index (χ0) is 12.2. The van der Waals surface area contributed by atoms with Crippen molar-refractivity contribution in [3.63, 3.8) is 0 Å². The summed E-state index contributed by atoms with van der Waals surface area (Å²) in [5, 5.41) is 16.1. The van der Waals surface area contributed by atoms with Crippen LogP contribution in [0.2, 0.25) is 0 Å². The van der Waals surface area contributed by atoms with Gasteiger partial charge in [0.25, 0.3) is 0 Å². The highest BCUT2D eigenvalue weighted by Gasteiger charge is 1.97. The number of hydrogen-bond acceptors (Lipinski definition) is 3.